The molecule has 4 N–H and O–H groups in total. The van der Waals surface area contributed by atoms with E-state index in [4.69, 9.17) is 0 Å². The van der Waals surface area contributed by atoms with Crippen molar-refractivity contribution >= 4 is 11.6 Å². The van der Waals surface area contributed by atoms with E-state index < -0.39 is 0 Å². The number of fused-ring (bicyclic) bond motifs is 2. The maximum Gasteiger partial charge on any atom is 0.270 e. The van der Waals surface area contributed by atoms with Gasteiger partial charge in [0, 0.05) is 24.3 Å². The van der Waals surface area contributed by atoms with Gasteiger partial charge < -0.3 is 9.72 Å². The highest BCUT2D eigenvalue weighted by molar-refractivity contribution is 5.93. The van der Waals surface area contributed by atoms with Crippen LogP contribution < -0.4 is 16.3 Å². The van der Waals surface area contributed by atoms with Crippen molar-refractivity contribution in [2.45, 2.75) is 51.1 Å². The zero-order valence-corrected chi connectivity index (χ0v) is 16.8. The summed E-state index contributed by atoms with van der Waals surface area (Å²) in [6.45, 7) is 2.57. The van der Waals surface area contributed by atoms with Crippen molar-refractivity contribution in [2.75, 3.05) is 0 Å². The number of imidazole rings is 1. The van der Waals surface area contributed by atoms with Gasteiger partial charge in [-0.15, -0.1) is 5.53 Å². The minimum Gasteiger partial charge on any atom is -0.342 e. The van der Waals surface area contributed by atoms with Crippen molar-refractivity contribution < 1.29 is 4.79 Å². The lowest BCUT2D eigenvalue weighted by Crippen LogP contribution is -2.39. The largest absolute Gasteiger partial charge is 0.342 e. The molecule has 1 aliphatic heterocycles. The number of hydrogen-bond acceptors (Lipinski definition) is 6. The molecule has 154 valence electrons. The maximum atomic E-state index is 12.7. The highest BCUT2D eigenvalue weighted by Gasteiger charge is 2.30. The molecule has 0 radical (unpaired) electrons. The van der Waals surface area contributed by atoms with Crippen LogP contribution in [0.25, 0.3) is 5.65 Å². The number of rotatable bonds is 5. The van der Waals surface area contributed by atoms with E-state index in [0.29, 0.717) is 12.2 Å². The van der Waals surface area contributed by atoms with E-state index in [2.05, 4.69) is 60.4 Å². The summed E-state index contributed by atoms with van der Waals surface area (Å²) in [5.74, 6) is 0.572. The molecule has 3 aromatic rings. The SMILES string of the molecule is Cc1[nH]nc2c1CC[C@H]2NC(=O)C1=CN(Cc2cn3cc(C4CC4)ccc3n2)NN1. The molecule has 0 unspecified atom stereocenters. The standard InChI is InChI=1S/C21H24N8O/c1-12-16-5-6-17(20(16)26-24-12)23-21(30)18-11-29(27-25-18)10-15-9-28-8-14(13-2-3-13)4-7-19(28)22-15/h4,7-9,11,13,17,25,27H,2-3,5-6,10H2,1H3,(H,23,30)(H,24,26)/t17-/m1/s1. The van der Waals surface area contributed by atoms with Gasteiger partial charge in [0.2, 0.25) is 0 Å². The molecule has 1 fully saturated rings. The number of carbonyl (C=O) groups excluding carboxylic acids is 1. The summed E-state index contributed by atoms with van der Waals surface area (Å²) in [5, 5.41) is 12.3. The number of amides is 1. The van der Waals surface area contributed by atoms with E-state index in [1.807, 2.05) is 11.9 Å². The van der Waals surface area contributed by atoms with Crippen LogP contribution in [0.1, 0.15) is 59.4 Å². The summed E-state index contributed by atoms with van der Waals surface area (Å²) in [6.07, 6.45) is 10.4. The molecule has 9 heteroatoms. The molecular formula is C21H24N8O. The Bertz CT molecular complexity index is 1170. The van der Waals surface area contributed by atoms with Crippen LogP contribution in [0.3, 0.4) is 0 Å². The fourth-order valence-corrected chi connectivity index (χ4v) is 4.40. The van der Waals surface area contributed by atoms with Crippen LogP contribution in [0, 0.1) is 6.92 Å². The Labute approximate surface area is 173 Å². The van der Waals surface area contributed by atoms with Gasteiger partial charge in [-0.3, -0.25) is 20.3 Å². The van der Waals surface area contributed by atoms with E-state index in [0.717, 1.165) is 41.5 Å². The Balaban J connectivity index is 1.12. The van der Waals surface area contributed by atoms with Crippen LogP contribution in [0.5, 0.6) is 0 Å². The number of nitrogens with one attached hydrogen (secondary N) is 4. The average molecular weight is 404 g/mol. The number of aromatic amines is 1. The molecule has 2 aliphatic carbocycles. The summed E-state index contributed by atoms with van der Waals surface area (Å²) in [6, 6.07) is 4.21. The van der Waals surface area contributed by atoms with Crippen LogP contribution in [0.15, 0.2) is 36.4 Å². The first-order valence-electron chi connectivity index (χ1n) is 10.5. The van der Waals surface area contributed by atoms with E-state index >= 15 is 0 Å². The monoisotopic (exact) mass is 404 g/mol. The number of aryl methyl sites for hydroxylation is 1. The number of hydrogen-bond donors (Lipinski definition) is 4. The summed E-state index contributed by atoms with van der Waals surface area (Å²) in [7, 11) is 0. The molecule has 3 aromatic heterocycles. The minimum atomic E-state index is -0.146. The summed E-state index contributed by atoms with van der Waals surface area (Å²) in [5.41, 5.74) is 13.0. The Hall–Kier alpha value is -3.33. The molecule has 3 aliphatic rings. The molecule has 1 saturated carbocycles. The summed E-state index contributed by atoms with van der Waals surface area (Å²) >= 11 is 0. The first-order valence-corrected chi connectivity index (χ1v) is 10.5. The van der Waals surface area contributed by atoms with Crippen LogP contribution in [0.2, 0.25) is 0 Å². The molecule has 6 rings (SSSR count). The maximum absolute atomic E-state index is 12.7. The molecule has 0 saturated heterocycles. The minimum absolute atomic E-state index is 0.0479. The third kappa shape index (κ3) is 3.02. The fourth-order valence-electron chi connectivity index (χ4n) is 4.40. The molecule has 1 amide bonds. The second kappa shape index (κ2) is 6.60. The van der Waals surface area contributed by atoms with E-state index in [1.165, 1.54) is 24.0 Å². The van der Waals surface area contributed by atoms with E-state index in [9.17, 15) is 4.79 Å². The number of nitrogens with zero attached hydrogens (tertiary/aromatic N) is 4. The van der Waals surface area contributed by atoms with Gasteiger partial charge in [-0.2, -0.15) is 5.10 Å². The first-order chi connectivity index (χ1) is 14.6. The second-order valence-corrected chi connectivity index (χ2v) is 8.42. The number of pyridine rings is 1. The topological polar surface area (TPSA) is 102 Å². The first kappa shape index (κ1) is 17.5. The third-order valence-corrected chi connectivity index (χ3v) is 6.19. The Morgan fingerprint density at radius 3 is 3.03 bits per heavy atom. The van der Waals surface area contributed by atoms with Crippen molar-refractivity contribution in [3.05, 3.63) is 64.6 Å². The Morgan fingerprint density at radius 2 is 2.17 bits per heavy atom. The molecule has 0 aromatic carbocycles. The quantitative estimate of drug-likeness (QED) is 0.516. The second-order valence-electron chi connectivity index (χ2n) is 8.42. The zero-order chi connectivity index (χ0) is 20.2. The molecular weight excluding hydrogens is 380 g/mol. The van der Waals surface area contributed by atoms with Crippen LogP contribution in [-0.4, -0.2) is 30.5 Å². The van der Waals surface area contributed by atoms with Crippen molar-refractivity contribution in [1.82, 2.24) is 40.9 Å². The van der Waals surface area contributed by atoms with Gasteiger partial charge in [-0.25, -0.2) is 4.98 Å². The Morgan fingerprint density at radius 1 is 1.27 bits per heavy atom. The number of H-pyrrole nitrogens is 1. The molecule has 0 spiro atoms. The van der Waals surface area contributed by atoms with E-state index in [-0.39, 0.29) is 11.9 Å². The molecule has 0 bridgehead atoms. The molecule has 9 nitrogen and oxygen atoms in total. The van der Waals surface area contributed by atoms with Crippen LogP contribution in [0.4, 0.5) is 0 Å². The fraction of sp³-hybridized carbons (Fsp3) is 0.381. The summed E-state index contributed by atoms with van der Waals surface area (Å²) in [4.78, 5) is 17.4. The van der Waals surface area contributed by atoms with Gasteiger partial charge in [0.05, 0.1) is 24.0 Å². The highest BCUT2D eigenvalue weighted by atomic mass is 16.2. The van der Waals surface area contributed by atoms with Gasteiger partial charge in [0.15, 0.2) is 0 Å². The lowest BCUT2D eigenvalue weighted by molar-refractivity contribution is -0.118. The van der Waals surface area contributed by atoms with Crippen LogP contribution >= 0.6 is 0 Å². The van der Waals surface area contributed by atoms with E-state index in [1.54, 1.807) is 6.20 Å². The zero-order valence-electron chi connectivity index (χ0n) is 16.8. The molecule has 1 atom stereocenters. The molecule has 4 heterocycles. The smallest absolute Gasteiger partial charge is 0.270 e. The lowest BCUT2D eigenvalue weighted by atomic mass is 10.2. The van der Waals surface area contributed by atoms with Gasteiger partial charge in [-0.1, -0.05) is 6.07 Å². The van der Waals surface area contributed by atoms with Gasteiger partial charge in [0.1, 0.15) is 11.3 Å². The van der Waals surface area contributed by atoms with Crippen molar-refractivity contribution in [2.24, 2.45) is 0 Å². The average Bonchev–Trinajstić information content (AvgIpc) is 3.06. The van der Waals surface area contributed by atoms with Gasteiger partial charge in [0.25, 0.3) is 5.91 Å². The number of aromatic nitrogens is 4. The highest BCUT2D eigenvalue weighted by Crippen LogP contribution is 2.39. The number of hydrazine groups is 2. The molecule has 30 heavy (non-hydrogen) atoms. The lowest BCUT2D eigenvalue weighted by Gasteiger charge is -2.13. The number of carbonyl (C=O) groups is 1. The Kier molecular flexibility index (Phi) is 3.85. The predicted octanol–water partition coefficient (Wildman–Crippen LogP) is 1.71. The normalized spacial score (nSPS) is 20.4. The van der Waals surface area contributed by atoms with Crippen molar-refractivity contribution in [3.63, 3.8) is 0 Å². The summed E-state index contributed by atoms with van der Waals surface area (Å²) < 4.78 is 2.09. The van der Waals surface area contributed by atoms with Gasteiger partial charge >= 0.3 is 0 Å². The van der Waals surface area contributed by atoms with Gasteiger partial charge in [-0.05, 0) is 55.7 Å². The predicted molar refractivity (Wildman–Crippen MR) is 110 cm³/mol. The third-order valence-electron chi connectivity index (χ3n) is 6.19. The van der Waals surface area contributed by atoms with Crippen molar-refractivity contribution in [3.8, 4) is 0 Å². The van der Waals surface area contributed by atoms with Crippen LogP contribution in [-0.2, 0) is 17.8 Å². The van der Waals surface area contributed by atoms with Crippen molar-refractivity contribution in [1.29, 1.82) is 0 Å².